The molecule has 154 valence electrons. The first-order valence-electron chi connectivity index (χ1n) is 10.6. The maximum atomic E-state index is 13.2. The number of piperazine rings is 1. The van der Waals surface area contributed by atoms with Crippen molar-refractivity contribution in [1.82, 2.24) is 15.1 Å². The minimum absolute atomic E-state index is 0.0943. The van der Waals surface area contributed by atoms with E-state index in [0.29, 0.717) is 6.54 Å². The number of carbonyl (C=O) groups excluding carboxylic acids is 2. The third-order valence-electron chi connectivity index (χ3n) is 6.08. The van der Waals surface area contributed by atoms with E-state index in [-0.39, 0.29) is 23.9 Å². The largest absolute Gasteiger partial charge is 0.353 e. The van der Waals surface area contributed by atoms with E-state index in [1.165, 1.54) is 5.56 Å². The molecule has 0 radical (unpaired) electrons. The van der Waals surface area contributed by atoms with Crippen molar-refractivity contribution in [3.63, 3.8) is 0 Å². The van der Waals surface area contributed by atoms with E-state index >= 15 is 0 Å². The topological polar surface area (TPSA) is 55.9 Å². The van der Waals surface area contributed by atoms with Crippen molar-refractivity contribution in [2.24, 2.45) is 0 Å². The summed E-state index contributed by atoms with van der Waals surface area (Å²) in [5.41, 5.74) is 2.34. The number of anilines is 1. The molecule has 2 aliphatic rings. The minimum Gasteiger partial charge on any atom is -0.353 e. The average molecular weight is 387 g/mol. The summed E-state index contributed by atoms with van der Waals surface area (Å²) in [6.07, 6.45) is 3.01. The van der Waals surface area contributed by atoms with E-state index < -0.39 is 0 Å². The highest BCUT2D eigenvalue weighted by Crippen LogP contribution is 2.27. The normalized spacial score (nSPS) is 20.3. The van der Waals surface area contributed by atoms with Crippen LogP contribution in [-0.4, -0.2) is 73.0 Å². The molecule has 0 aromatic heterocycles. The van der Waals surface area contributed by atoms with Crippen molar-refractivity contribution < 1.29 is 9.59 Å². The van der Waals surface area contributed by atoms with E-state index in [0.717, 1.165) is 57.7 Å². The third-order valence-corrected chi connectivity index (χ3v) is 6.08. The summed E-state index contributed by atoms with van der Waals surface area (Å²) in [5.74, 6) is 0.284. The van der Waals surface area contributed by atoms with Crippen LogP contribution in [0.3, 0.4) is 0 Å². The lowest BCUT2D eigenvalue weighted by molar-refractivity contribution is -0.126. The van der Waals surface area contributed by atoms with Gasteiger partial charge < -0.3 is 10.2 Å². The number of nitrogens with zero attached hydrogens (tertiary/aromatic N) is 3. The molecule has 1 aromatic carbocycles. The van der Waals surface area contributed by atoms with Crippen LogP contribution in [-0.2, 0) is 16.0 Å². The van der Waals surface area contributed by atoms with Crippen molar-refractivity contribution in [2.75, 3.05) is 44.2 Å². The monoisotopic (exact) mass is 386 g/mol. The lowest BCUT2D eigenvalue weighted by Crippen LogP contribution is -2.56. The number of carbonyl (C=O) groups is 2. The van der Waals surface area contributed by atoms with Gasteiger partial charge in [-0.15, -0.1) is 0 Å². The van der Waals surface area contributed by atoms with E-state index in [1.54, 1.807) is 0 Å². The van der Waals surface area contributed by atoms with E-state index in [2.05, 4.69) is 34.2 Å². The molecule has 2 atom stereocenters. The first-order chi connectivity index (χ1) is 13.5. The molecular formula is C22H34N4O2. The van der Waals surface area contributed by atoms with Gasteiger partial charge >= 0.3 is 0 Å². The molecule has 2 unspecified atom stereocenters. The van der Waals surface area contributed by atoms with Gasteiger partial charge in [0.15, 0.2) is 0 Å². The van der Waals surface area contributed by atoms with Gasteiger partial charge in [-0.2, -0.15) is 0 Å². The van der Waals surface area contributed by atoms with Crippen LogP contribution in [0.15, 0.2) is 24.3 Å². The van der Waals surface area contributed by atoms with Crippen LogP contribution in [0.25, 0.3) is 0 Å². The molecule has 0 bridgehead atoms. The summed E-state index contributed by atoms with van der Waals surface area (Å²) >= 11 is 0. The van der Waals surface area contributed by atoms with E-state index in [9.17, 15) is 9.59 Å². The van der Waals surface area contributed by atoms with Gasteiger partial charge in [0.1, 0.15) is 0 Å². The summed E-state index contributed by atoms with van der Waals surface area (Å²) in [6.45, 7) is 10.6. The highest BCUT2D eigenvalue weighted by molar-refractivity contribution is 5.98. The molecule has 1 saturated heterocycles. The predicted octanol–water partition coefficient (Wildman–Crippen LogP) is 1.89. The maximum Gasteiger partial charge on any atom is 0.244 e. The molecule has 6 nitrogen and oxygen atoms in total. The number of amides is 2. The fourth-order valence-electron chi connectivity index (χ4n) is 4.08. The zero-order valence-electron chi connectivity index (χ0n) is 17.5. The maximum absolute atomic E-state index is 13.2. The number of hydrogen-bond donors (Lipinski definition) is 1. The van der Waals surface area contributed by atoms with Crippen molar-refractivity contribution >= 4 is 17.5 Å². The average Bonchev–Trinajstić information content (AvgIpc) is 2.72. The quantitative estimate of drug-likeness (QED) is 0.811. The van der Waals surface area contributed by atoms with Crippen molar-refractivity contribution in [3.8, 4) is 0 Å². The Hall–Kier alpha value is -1.92. The predicted molar refractivity (Wildman–Crippen MR) is 112 cm³/mol. The second-order valence-electron chi connectivity index (χ2n) is 8.09. The van der Waals surface area contributed by atoms with Crippen LogP contribution in [0.2, 0.25) is 0 Å². The lowest BCUT2D eigenvalue weighted by Gasteiger charge is -2.39. The third kappa shape index (κ3) is 4.92. The van der Waals surface area contributed by atoms with Crippen LogP contribution in [0.5, 0.6) is 0 Å². The van der Waals surface area contributed by atoms with Gasteiger partial charge in [0.05, 0.1) is 12.6 Å². The number of fused-ring (bicyclic) bond motifs is 1. The smallest absolute Gasteiger partial charge is 0.244 e. The first-order valence-corrected chi connectivity index (χ1v) is 10.6. The summed E-state index contributed by atoms with van der Waals surface area (Å²) < 4.78 is 0. The molecule has 0 spiro atoms. The molecule has 2 amide bonds. The number of rotatable bonds is 6. The molecule has 28 heavy (non-hydrogen) atoms. The van der Waals surface area contributed by atoms with Gasteiger partial charge in [-0.3, -0.25) is 19.4 Å². The van der Waals surface area contributed by atoms with Crippen LogP contribution >= 0.6 is 0 Å². The Kier molecular flexibility index (Phi) is 7.08. The Bertz CT molecular complexity index is 685. The van der Waals surface area contributed by atoms with Crippen LogP contribution in [0.1, 0.15) is 39.2 Å². The second kappa shape index (κ2) is 9.52. The van der Waals surface area contributed by atoms with Crippen molar-refractivity contribution in [2.45, 2.75) is 52.1 Å². The summed E-state index contributed by atoms with van der Waals surface area (Å²) in [4.78, 5) is 31.7. The fourth-order valence-corrected chi connectivity index (χ4v) is 4.08. The number of para-hydroxylation sites is 1. The first kappa shape index (κ1) is 20.8. The zero-order valence-corrected chi connectivity index (χ0v) is 17.5. The highest BCUT2D eigenvalue weighted by Gasteiger charge is 2.31. The Morgan fingerprint density at radius 3 is 2.50 bits per heavy atom. The summed E-state index contributed by atoms with van der Waals surface area (Å²) in [6, 6.07) is 8.34. The fraction of sp³-hybridized carbons (Fsp3) is 0.636. The molecular weight excluding hydrogens is 352 g/mol. The van der Waals surface area contributed by atoms with E-state index in [1.807, 2.05) is 30.9 Å². The van der Waals surface area contributed by atoms with Gasteiger partial charge in [0.25, 0.3) is 0 Å². The Balaban J connectivity index is 1.52. The van der Waals surface area contributed by atoms with Gasteiger partial charge in [0, 0.05) is 44.5 Å². The highest BCUT2D eigenvalue weighted by atomic mass is 16.2. The molecule has 1 N–H and O–H groups in total. The number of nitrogens with one attached hydrogen (secondary N) is 1. The summed E-state index contributed by atoms with van der Waals surface area (Å²) in [5, 5.41) is 3.03. The van der Waals surface area contributed by atoms with Crippen LogP contribution in [0.4, 0.5) is 5.69 Å². The Labute approximate surface area is 168 Å². The second-order valence-corrected chi connectivity index (χ2v) is 8.09. The molecule has 1 fully saturated rings. The molecule has 1 aromatic rings. The van der Waals surface area contributed by atoms with E-state index in [4.69, 9.17) is 0 Å². The molecule has 3 rings (SSSR count). The molecule has 2 aliphatic heterocycles. The number of hydrogen-bond acceptors (Lipinski definition) is 4. The number of aryl methyl sites for hydroxylation is 1. The van der Waals surface area contributed by atoms with Crippen LogP contribution in [0, 0.1) is 0 Å². The Morgan fingerprint density at radius 1 is 1.07 bits per heavy atom. The van der Waals surface area contributed by atoms with Crippen LogP contribution < -0.4 is 10.2 Å². The minimum atomic E-state index is -0.137. The SMILES string of the molecule is CCC(C)NC(=O)CN1CCN(C(C)C(=O)N2CCCc3ccccc32)CC1. The molecule has 6 heteroatoms. The van der Waals surface area contributed by atoms with Gasteiger partial charge in [-0.05, 0) is 44.7 Å². The van der Waals surface area contributed by atoms with Crippen molar-refractivity contribution in [3.05, 3.63) is 29.8 Å². The summed E-state index contributed by atoms with van der Waals surface area (Å²) in [7, 11) is 0. The molecule has 0 aliphatic carbocycles. The standard InChI is InChI=1S/C22H34N4O2/c1-4-17(2)23-21(27)16-24-12-14-25(15-13-24)18(3)22(28)26-11-7-9-19-8-5-6-10-20(19)26/h5-6,8,10,17-18H,4,7,9,11-16H2,1-3H3,(H,23,27). The lowest BCUT2D eigenvalue weighted by atomic mass is 10.0. The number of benzene rings is 1. The molecule has 0 saturated carbocycles. The van der Waals surface area contributed by atoms with Gasteiger partial charge in [0.2, 0.25) is 11.8 Å². The van der Waals surface area contributed by atoms with Gasteiger partial charge in [-0.25, -0.2) is 0 Å². The Morgan fingerprint density at radius 2 is 1.79 bits per heavy atom. The van der Waals surface area contributed by atoms with Crippen molar-refractivity contribution in [1.29, 1.82) is 0 Å². The van der Waals surface area contributed by atoms with Gasteiger partial charge in [-0.1, -0.05) is 25.1 Å². The zero-order chi connectivity index (χ0) is 20.1. The molecule has 2 heterocycles.